The van der Waals surface area contributed by atoms with Crippen molar-refractivity contribution in [2.24, 2.45) is 17.1 Å². The van der Waals surface area contributed by atoms with Gasteiger partial charge in [-0.3, -0.25) is 0 Å². The molecule has 1 unspecified atom stereocenters. The van der Waals surface area contributed by atoms with Crippen molar-refractivity contribution in [3.05, 3.63) is 23.3 Å². The van der Waals surface area contributed by atoms with E-state index in [0.29, 0.717) is 0 Å². The van der Waals surface area contributed by atoms with Crippen LogP contribution in [0.1, 0.15) is 116 Å². The zero-order valence-electron chi connectivity index (χ0n) is 24.2. The topological polar surface area (TPSA) is 108 Å². The summed E-state index contributed by atoms with van der Waals surface area (Å²) in [7, 11) is 0. The van der Waals surface area contributed by atoms with E-state index in [1.54, 1.807) is 4.90 Å². The summed E-state index contributed by atoms with van der Waals surface area (Å²) in [5.41, 5.74) is 7.71. The van der Waals surface area contributed by atoms with Crippen molar-refractivity contribution in [3.63, 3.8) is 0 Å². The molecule has 6 nitrogen and oxygen atoms in total. The molecule has 1 fully saturated rings. The second kappa shape index (κ2) is 17.8. The van der Waals surface area contributed by atoms with E-state index < -0.39 is 18.1 Å². The largest absolute Gasteiger partial charge is 0.542 e. The molecule has 9 heteroatoms. The number of carbonyl (C=O) groups is 2. The van der Waals surface area contributed by atoms with E-state index in [1.807, 2.05) is 0 Å². The lowest BCUT2D eigenvalue weighted by Gasteiger charge is -2.47. The smallest absolute Gasteiger partial charge is 0.430 e. The highest BCUT2D eigenvalue weighted by Gasteiger charge is 2.48. The number of halogens is 3. The van der Waals surface area contributed by atoms with Crippen LogP contribution < -0.4 is 15.7 Å². The van der Waals surface area contributed by atoms with Gasteiger partial charge in [0.05, 0.1) is 19.6 Å². The minimum absolute atomic E-state index is 0.0661. The number of nitrogens with one attached hydrogen (secondary N) is 1. The van der Waals surface area contributed by atoms with Crippen LogP contribution in [0.5, 0.6) is 0 Å². The second-order valence-electron chi connectivity index (χ2n) is 12.0. The van der Waals surface area contributed by atoms with Gasteiger partial charge in [-0.1, -0.05) is 82.3 Å². The molecule has 230 valence electrons. The van der Waals surface area contributed by atoms with Gasteiger partial charge in [0.1, 0.15) is 5.97 Å². The molecule has 3 rings (SSSR count). The predicted octanol–water partition coefficient (Wildman–Crippen LogP) is 4.73. The fraction of sp³-hybridized carbons (Fsp3) is 0.806. The average molecular weight is 573 g/mol. The summed E-state index contributed by atoms with van der Waals surface area (Å²) in [5, 5.41) is 18.9. The van der Waals surface area contributed by atoms with Crippen molar-refractivity contribution in [2.45, 2.75) is 122 Å². The van der Waals surface area contributed by atoms with Crippen molar-refractivity contribution in [3.8, 4) is 0 Å². The summed E-state index contributed by atoms with van der Waals surface area (Å²) in [4.78, 5) is 22.8. The van der Waals surface area contributed by atoms with Crippen molar-refractivity contribution in [1.82, 2.24) is 0 Å². The molecule has 1 saturated heterocycles. The first-order valence-corrected chi connectivity index (χ1v) is 15.6. The van der Waals surface area contributed by atoms with Crippen LogP contribution in [-0.2, 0) is 9.59 Å². The van der Waals surface area contributed by atoms with Crippen LogP contribution in [0.3, 0.4) is 0 Å². The van der Waals surface area contributed by atoms with E-state index in [1.165, 1.54) is 108 Å². The first-order chi connectivity index (χ1) is 19.1. The van der Waals surface area contributed by atoms with Crippen LogP contribution in [0.25, 0.3) is 0 Å². The average Bonchev–Trinajstić information content (AvgIpc) is 2.89. The number of rotatable bonds is 11. The van der Waals surface area contributed by atoms with Crippen molar-refractivity contribution < 1.29 is 37.9 Å². The molecule has 0 amide bonds. The Balaban J connectivity index is 0.000000708. The maximum atomic E-state index is 12.3. The molecule has 0 aromatic heterocycles. The number of nitrogens with two attached hydrogens (primary N) is 1. The third-order valence-electron chi connectivity index (χ3n) is 8.82. The van der Waals surface area contributed by atoms with Crippen LogP contribution >= 0.6 is 0 Å². The molecule has 3 bridgehead atoms. The van der Waals surface area contributed by atoms with Gasteiger partial charge in [0.25, 0.3) is 0 Å². The number of carboxylic acids is 2. The third kappa shape index (κ3) is 11.9. The number of piperidine rings is 1. The molecule has 3 atom stereocenters. The number of carbonyl (C=O) groups excluding carboxylic acids is 1. The highest BCUT2D eigenvalue weighted by molar-refractivity contribution is 5.88. The number of alkyl halides is 3. The molecule has 4 N–H and O–H groups in total. The van der Waals surface area contributed by atoms with Gasteiger partial charge in [0.2, 0.25) is 0 Å². The van der Waals surface area contributed by atoms with Gasteiger partial charge in [0.15, 0.2) is 0 Å². The number of hydrogen-bond donors (Lipinski definition) is 3. The summed E-state index contributed by atoms with van der Waals surface area (Å²) in [5.74, 6) is -3.46. The SMILES string of the molecule is NCCCCCCCCCC[C@]12C=C3C=C(C(=O)O)[C@H]1CC[NH+](CCCCCCCCC3)C2.O=C([O-])C(F)(F)F. The second-order valence-corrected chi connectivity index (χ2v) is 12.0. The number of allylic oxidation sites excluding steroid dienone is 2. The molecule has 0 aromatic carbocycles. The maximum Gasteiger partial charge on any atom is 0.430 e. The molecule has 2 heterocycles. The van der Waals surface area contributed by atoms with E-state index in [-0.39, 0.29) is 11.3 Å². The molecule has 2 aliphatic heterocycles. The predicted molar refractivity (Wildman–Crippen MR) is 149 cm³/mol. The van der Waals surface area contributed by atoms with Gasteiger partial charge in [-0.15, -0.1) is 0 Å². The summed E-state index contributed by atoms with van der Waals surface area (Å²) < 4.78 is 31.5. The monoisotopic (exact) mass is 572 g/mol. The number of hydrogen-bond acceptors (Lipinski definition) is 4. The normalized spacial score (nSPS) is 25.6. The lowest BCUT2D eigenvalue weighted by Crippen LogP contribution is -3.14. The Morgan fingerprint density at radius 2 is 1.48 bits per heavy atom. The lowest BCUT2D eigenvalue weighted by molar-refractivity contribution is -0.913. The molecule has 3 aliphatic rings. The molecule has 0 spiro atoms. The summed E-state index contributed by atoms with van der Waals surface area (Å²) in [6, 6.07) is 0. The van der Waals surface area contributed by atoms with Crippen LogP contribution in [0.2, 0.25) is 0 Å². The zero-order valence-corrected chi connectivity index (χ0v) is 24.2. The number of unbranched alkanes of at least 4 members (excludes halogenated alkanes) is 7. The summed E-state index contributed by atoms with van der Waals surface area (Å²) in [6.45, 7) is 4.38. The molecule has 40 heavy (non-hydrogen) atoms. The van der Waals surface area contributed by atoms with E-state index in [4.69, 9.17) is 15.6 Å². The lowest BCUT2D eigenvalue weighted by atomic mass is 9.61. The summed E-state index contributed by atoms with van der Waals surface area (Å²) >= 11 is 0. The fourth-order valence-corrected chi connectivity index (χ4v) is 6.79. The molecular formula is C31H51F3N2O4. The fourth-order valence-electron chi connectivity index (χ4n) is 6.79. The highest BCUT2D eigenvalue weighted by Crippen LogP contribution is 2.47. The van der Waals surface area contributed by atoms with Crippen molar-refractivity contribution in [1.29, 1.82) is 0 Å². The first-order valence-electron chi connectivity index (χ1n) is 15.6. The number of quaternary nitrogens is 1. The Labute approximate surface area is 238 Å². The van der Waals surface area contributed by atoms with Crippen LogP contribution in [0.15, 0.2) is 23.3 Å². The summed E-state index contributed by atoms with van der Waals surface area (Å²) in [6.07, 6.45) is 22.3. The van der Waals surface area contributed by atoms with Crippen LogP contribution in [0, 0.1) is 11.3 Å². The number of aliphatic carboxylic acids is 2. The number of carboxylic acid groups (broad SMARTS) is 2. The molecule has 1 aliphatic carbocycles. The Hall–Kier alpha value is -1.87. The van der Waals surface area contributed by atoms with Gasteiger partial charge < -0.3 is 25.6 Å². The third-order valence-corrected chi connectivity index (χ3v) is 8.82. The van der Waals surface area contributed by atoms with Crippen molar-refractivity contribution in [2.75, 3.05) is 26.2 Å². The van der Waals surface area contributed by atoms with Gasteiger partial charge in [0, 0.05) is 23.3 Å². The standard InChI is InChI=1S/C29H50N2O2.C2HF3O2/c30-19-14-10-6-2-1-5-9-13-18-29-23-25-16-12-8-4-3-7-11-15-20-31(24-29)21-17-27(29)26(22-25)28(32)33;3-2(4,5)1(6)7/h22-23,27H,1-21,24,30H2,(H,32,33);(H,6,7)/t27-,29-;/m1./s1. The Bertz CT molecular complexity index is 843. The zero-order chi connectivity index (χ0) is 29.4. The molecule has 0 saturated carbocycles. The highest BCUT2D eigenvalue weighted by atomic mass is 19.4. The van der Waals surface area contributed by atoms with Gasteiger partial charge in [-0.05, 0) is 51.1 Å². The Morgan fingerprint density at radius 1 is 0.925 bits per heavy atom. The van der Waals surface area contributed by atoms with Gasteiger partial charge in [-0.2, -0.15) is 13.2 Å². The molecular weight excluding hydrogens is 521 g/mol. The number of fused-ring (bicyclic) bond motifs is 1. The van der Waals surface area contributed by atoms with Gasteiger partial charge >= 0.3 is 12.1 Å². The molecule has 0 radical (unpaired) electrons. The maximum absolute atomic E-state index is 12.3. The molecule has 0 aromatic rings. The Morgan fingerprint density at radius 3 is 2.05 bits per heavy atom. The van der Waals surface area contributed by atoms with Crippen molar-refractivity contribution >= 4 is 11.9 Å². The minimum Gasteiger partial charge on any atom is -0.542 e. The van der Waals surface area contributed by atoms with Crippen LogP contribution in [0.4, 0.5) is 13.2 Å². The van der Waals surface area contributed by atoms with E-state index in [9.17, 15) is 23.1 Å². The minimum atomic E-state index is -5.19. The van der Waals surface area contributed by atoms with Crippen LogP contribution in [-0.4, -0.2) is 49.4 Å². The van der Waals surface area contributed by atoms with E-state index in [0.717, 1.165) is 44.5 Å². The first kappa shape index (κ1) is 34.3. The quantitative estimate of drug-likeness (QED) is 0.310. The van der Waals surface area contributed by atoms with E-state index in [2.05, 4.69) is 12.2 Å². The van der Waals surface area contributed by atoms with Gasteiger partial charge in [-0.25, -0.2) is 4.79 Å². The Kier molecular flexibility index (Phi) is 15.3. The van der Waals surface area contributed by atoms with E-state index >= 15 is 0 Å².